The average molecular weight is 657 g/mol. The number of ether oxygens (including phenoxy) is 3. The Labute approximate surface area is 264 Å². The summed E-state index contributed by atoms with van der Waals surface area (Å²) in [6, 6.07) is 6.94. The largest absolute Gasteiger partial charge is 0.379 e. The third-order valence-electron chi connectivity index (χ3n) is 11.9. The standard InChI is InChI=1S/C34H40O9S2/c35-44(36,37)33-12-11-32(22-3-1-2-4-23(22)33)43-45(38,39)34-27(25-16-20-6-9-30(25)41-20)13-18(24-15-19-5-8-29(24)40-19)14-28(34)26-17-21-7-10-31(26)42-21/h11-14,19-21,24-26,29-31H,1-10,15-17H2,(H,35,36,37). The van der Waals surface area contributed by atoms with Crippen LogP contribution in [0.1, 0.15) is 116 Å². The Morgan fingerprint density at radius 3 is 1.64 bits per heavy atom. The van der Waals surface area contributed by atoms with E-state index in [1.165, 1.54) is 12.1 Å². The molecule has 2 aromatic rings. The van der Waals surface area contributed by atoms with E-state index in [-0.39, 0.29) is 69.9 Å². The van der Waals surface area contributed by atoms with Gasteiger partial charge >= 0.3 is 10.1 Å². The maximum atomic E-state index is 14.8. The summed E-state index contributed by atoms with van der Waals surface area (Å²) in [6.45, 7) is 0. The third kappa shape index (κ3) is 4.82. The molecule has 6 heterocycles. The van der Waals surface area contributed by atoms with Gasteiger partial charge in [-0.3, -0.25) is 4.55 Å². The molecule has 0 aromatic heterocycles. The van der Waals surface area contributed by atoms with Crippen molar-refractivity contribution < 1.29 is 39.8 Å². The monoisotopic (exact) mass is 656 g/mol. The van der Waals surface area contributed by atoms with Crippen LogP contribution in [-0.4, -0.2) is 58.0 Å². The molecule has 45 heavy (non-hydrogen) atoms. The fraction of sp³-hybridized carbons (Fsp3) is 0.647. The molecule has 242 valence electrons. The predicted molar refractivity (Wildman–Crippen MR) is 163 cm³/mol. The Bertz CT molecular complexity index is 1720. The van der Waals surface area contributed by atoms with E-state index < -0.39 is 20.2 Å². The van der Waals surface area contributed by atoms with Crippen LogP contribution in [0.15, 0.2) is 34.1 Å². The van der Waals surface area contributed by atoms with Crippen LogP contribution in [0.4, 0.5) is 0 Å². The van der Waals surface area contributed by atoms with Gasteiger partial charge in [0, 0.05) is 23.3 Å². The van der Waals surface area contributed by atoms with Crippen molar-refractivity contribution in [3.8, 4) is 5.75 Å². The first-order valence-electron chi connectivity index (χ1n) is 16.8. The third-order valence-corrected chi connectivity index (χ3v) is 14.2. The fourth-order valence-electron chi connectivity index (χ4n) is 9.95. The second-order valence-corrected chi connectivity index (χ2v) is 17.3. The van der Waals surface area contributed by atoms with E-state index in [4.69, 9.17) is 18.4 Å². The van der Waals surface area contributed by atoms with Gasteiger partial charge in [0.05, 0.1) is 41.5 Å². The zero-order chi connectivity index (χ0) is 30.7. The molecule has 6 saturated heterocycles. The Morgan fingerprint density at radius 2 is 1.18 bits per heavy atom. The van der Waals surface area contributed by atoms with Gasteiger partial charge in [-0.25, -0.2) is 0 Å². The van der Waals surface area contributed by atoms with Crippen molar-refractivity contribution in [1.82, 2.24) is 0 Å². The molecule has 0 spiro atoms. The Balaban J connectivity index is 1.20. The van der Waals surface area contributed by atoms with Crippen molar-refractivity contribution in [1.29, 1.82) is 0 Å². The Morgan fingerprint density at radius 1 is 0.667 bits per heavy atom. The summed E-state index contributed by atoms with van der Waals surface area (Å²) in [6.07, 6.45) is 11.6. The highest BCUT2D eigenvalue weighted by Gasteiger charge is 2.49. The summed E-state index contributed by atoms with van der Waals surface area (Å²) in [5.74, 6) is 0.280. The molecule has 9 nitrogen and oxygen atoms in total. The van der Waals surface area contributed by atoms with Crippen LogP contribution < -0.4 is 4.18 Å². The maximum absolute atomic E-state index is 14.8. The van der Waals surface area contributed by atoms with Crippen molar-refractivity contribution in [2.24, 2.45) is 0 Å². The van der Waals surface area contributed by atoms with Gasteiger partial charge in [-0.1, -0.05) is 12.1 Å². The van der Waals surface area contributed by atoms with E-state index in [2.05, 4.69) is 12.1 Å². The average Bonchev–Trinajstić information content (AvgIpc) is 3.88. The van der Waals surface area contributed by atoms with Crippen LogP contribution in [0.3, 0.4) is 0 Å². The molecule has 0 saturated carbocycles. The minimum atomic E-state index is -4.46. The number of hydrogen-bond acceptors (Lipinski definition) is 8. The predicted octanol–water partition coefficient (Wildman–Crippen LogP) is 5.68. The molecule has 0 amide bonds. The summed E-state index contributed by atoms with van der Waals surface area (Å²) in [5.41, 5.74) is 3.75. The molecule has 2 aromatic carbocycles. The lowest BCUT2D eigenvalue weighted by Crippen LogP contribution is -2.26. The normalized spacial score (nSPS) is 36.6. The lowest BCUT2D eigenvalue weighted by Gasteiger charge is -2.30. The van der Waals surface area contributed by atoms with Crippen molar-refractivity contribution in [3.63, 3.8) is 0 Å². The molecule has 1 aliphatic carbocycles. The highest BCUT2D eigenvalue weighted by atomic mass is 32.2. The summed E-state index contributed by atoms with van der Waals surface area (Å²) in [4.78, 5) is 0.0834. The second-order valence-electron chi connectivity index (χ2n) is 14.4. The molecule has 0 radical (unpaired) electrons. The first-order valence-corrected chi connectivity index (χ1v) is 19.7. The molecule has 6 aliphatic heterocycles. The molecule has 9 unspecified atom stereocenters. The molecule has 11 heteroatoms. The van der Waals surface area contributed by atoms with Gasteiger partial charge in [0.2, 0.25) is 0 Å². The van der Waals surface area contributed by atoms with Crippen molar-refractivity contribution >= 4 is 20.2 Å². The molecule has 9 atom stereocenters. The first kappa shape index (κ1) is 29.1. The SMILES string of the molecule is O=S(=O)(O)c1ccc(OS(=O)(=O)c2c(C3CC4CCC3O4)cc(C3CC4CCC3O4)cc2C2CC3CCC2O3)c2c1CCCC2. The van der Waals surface area contributed by atoms with Crippen LogP contribution in [0.25, 0.3) is 0 Å². The van der Waals surface area contributed by atoms with E-state index in [9.17, 15) is 21.4 Å². The van der Waals surface area contributed by atoms with Crippen molar-refractivity contribution in [2.75, 3.05) is 0 Å². The molecule has 6 bridgehead atoms. The Hall–Kier alpha value is -2.02. The van der Waals surface area contributed by atoms with Gasteiger partial charge in [-0.15, -0.1) is 0 Å². The molecule has 9 rings (SSSR count). The number of rotatable bonds is 7. The lowest BCUT2D eigenvalue weighted by atomic mass is 9.76. The minimum Gasteiger partial charge on any atom is -0.379 e. The summed E-state index contributed by atoms with van der Waals surface area (Å²) >= 11 is 0. The minimum absolute atomic E-state index is 0.0265. The van der Waals surface area contributed by atoms with E-state index in [1.807, 2.05) is 0 Å². The van der Waals surface area contributed by atoms with E-state index in [0.29, 0.717) is 24.0 Å². The van der Waals surface area contributed by atoms with Crippen LogP contribution in [0.5, 0.6) is 5.75 Å². The van der Waals surface area contributed by atoms with E-state index in [0.717, 1.165) is 87.3 Å². The van der Waals surface area contributed by atoms with Crippen molar-refractivity contribution in [3.05, 3.63) is 52.1 Å². The molecule has 1 N–H and O–H groups in total. The van der Waals surface area contributed by atoms with Crippen LogP contribution in [-0.2, 0) is 47.3 Å². The topological polar surface area (TPSA) is 125 Å². The van der Waals surface area contributed by atoms with Crippen molar-refractivity contribution in [2.45, 2.75) is 148 Å². The lowest BCUT2D eigenvalue weighted by molar-refractivity contribution is 0.0996. The smallest absolute Gasteiger partial charge is 0.339 e. The molecular formula is C34H40O9S2. The van der Waals surface area contributed by atoms with Crippen LogP contribution in [0, 0.1) is 0 Å². The summed E-state index contributed by atoms with van der Waals surface area (Å²) in [7, 11) is -8.83. The van der Waals surface area contributed by atoms with Gasteiger partial charge in [-0.05, 0) is 118 Å². The summed E-state index contributed by atoms with van der Waals surface area (Å²) in [5, 5.41) is 0. The fourth-order valence-corrected chi connectivity index (χ4v) is 12.2. The maximum Gasteiger partial charge on any atom is 0.339 e. The molecule has 7 aliphatic rings. The first-order chi connectivity index (χ1) is 21.6. The second kappa shape index (κ2) is 10.5. The van der Waals surface area contributed by atoms with Gasteiger partial charge in [-0.2, -0.15) is 16.8 Å². The zero-order valence-corrected chi connectivity index (χ0v) is 26.9. The molecule has 6 fully saturated rings. The number of fused-ring (bicyclic) bond motifs is 7. The zero-order valence-electron chi connectivity index (χ0n) is 25.2. The highest BCUT2D eigenvalue weighted by Crippen LogP contribution is 2.53. The van der Waals surface area contributed by atoms with Gasteiger partial charge in [0.25, 0.3) is 10.1 Å². The van der Waals surface area contributed by atoms with E-state index >= 15 is 0 Å². The van der Waals surface area contributed by atoms with Crippen LogP contribution >= 0.6 is 0 Å². The number of hydrogen-bond donors (Lipinski definition) is 1. The van der Waals surface area contributed by atoms with Crippen LogP contribution in [0.2, 0.25) is 0 Å². The highest BCUT2D eigenvalue weighted by molar-refractivity contribution is 7.87. The summed E-state index contributed by atoms with van der Waals surface area (Å²) < 4.78 is 88.9. The van der Waals surface area contributed by atoms with Gasteiger partial charge in [0.15, 0.2) is 0 Å². The van der Waals surface area contributed by atoms with Gasteiger partial charge in [0.1, 0.15) is 10.6 Å². The number of benzene rings is 2. The van der Waals surface area contributed by atoms with Gasteiger partial charge < -0.3 is 18.4 Å². The Kier molecular flexibility index (Phi) is 6.79. The van der Waals surface area contributed by atoms with E-state index in [1.54, 1.807) is 0 Å². The molecular weight excluding hydrogens is 616 g/mol. The quantitative estimate of drug-likeness (QED) is 0.296.